The molecule has 0 rings (SSSR count). The van der Waals surface area contributed by atoms with E-state index in [9.17, 15) is 4.79 Å². The monoisotopic (exact) mass is 190 g/mol. The molecule has 78 valence electrons. The van der Waals surface area contributed by atoms with Crippen LogP contribution in [0.25, 0.3) is 0 Å². The van der Waals surface area contributed by atoms with Crippen LogP contribution in [0.1, 0.15) is 6.92 Å². The quantitative estimate of drug-likeness (QED) is 0.437. The number of aliphatic hydroxyl groups is 1. The molecule has 5 nitrogen and oxygen atoms in total. The van der Waals surface area contributed by atoms with E-state index >= 15 is 0 Å². The van der Waals surface area contributed by atoms with Gasteiger partial charge in [-0.1, -0.05) is 6.92 Å². The van der Waals surface area contributed by atoms with E-state index in [1.165, 1.54) is 7.11 Å². The zero-order valence-corrected chi connectivity index (χ0v) is 8.17. The molecule has 0 radical (unpaired) electrons. The van der Waals surface area contributed by atoms with Crippen LogP contribution >= 0.6 is 0 Å². The number of ether oxygens (including phenoxy) is 1. The van der Waals surface area contributed by atoms with E-state index < -0.39 is 6.10 Å². The Kier molecular flexibility index (Phi) is 7.57. The molecule has 0 aromatic carbocycles. The fourth-order valence-electron chi connectivity index (χ4n) is 0.802. The fraction of sp³-hybridized carbons (Fsp3) is 0.875. The average molecular weight is 190 g/mol. The number of methoxy groups -OCH3 is 1. The first-order valence-electron chi connectivity index (χ1n) is 4.37. The van der Waals surface area contributed by atoms with Crippen molar-refractivity contribution < 1.29 is 14.6 Å². The summed E-state index contributed by atoms with van der Waals surface area (Å²) in [5.41, 5.74) is 0. The summed E-state index contributed by atoms with van der Waals surface area (Å²) in [6, 6.07) is 0. The van der Waals surface area contributed by atoms with Crippen molar-refractivity contribution in [3.8, 4) is 0 Å². The van der Waals surface area contributed by atoms with E-state index in [1.807, 2.05) is 6.92 Å². The van der Waals surface area contributed by atoms with Gasteiger partial charge >= 0.3 is 0 Å². The van der Waals surface area contributed by atoms with Crippen LogP contribution in [0.5, 0.6) is 0 Å². The first-order chi connectivity index (χ1) is 6.22. The average Bonchev–Trinajstić information content (AvgIpc) is 2.12. The number of aliphatic hydroxyl groups excluding tert-OH is 1. The molecule has 0 spiro atoms. The van der Waals surface area contributed by atoms with Gasteiger partial charge in [-0.05, 0) is 6.54 Å². The van der Waals surface area contributed by atoms with Crippen LogP contribution in [-0.2, 0) is 9.53 Å². The summed E-state index contributed by atoms with van der Waals surface area (Å²) in [5, 5.41) is 14.7. The van der Waals surface area contributed by atoms with Gasteiger partial charge in [-0.15, -0.1) is 0 Å². The van der Waals surface area contributed by atoms with Crippen LogP contribution in [0.2, 0.25) is 0 Å². The summed E-state index contributed by atoms with van der Waals surface area (Å²) in [5.74, 6) is -0.389. The second-order valence-corrected chi connectivity index (χ2v) is 2.62. The number of amides is 1. The highest BCUT2D eigenvalue weighted by Crippen LogP contribution is 1.82. The Hall–Kier alpha value is -0.650. The summed E-state index contributed by atoms with van der Waals surface area (Å²) in [4.78, 5) is 11.0. The first-order valence-corrected chi connectivity index (χ1v) is 4.37. The maximum absolute atomic E-state index is 11.0. The fourth-order valence-corrected chi connectivity index (χ4v) is 0.802. The molecule has 0 saturated carbocycles. The molecule has 0 aliphatic heterocycles. The van der Waals surface area contributed by atoms with E-state index in [0.717, 1.165) is 6.54 Å². The van der Waals surface area contributed by atoms with Gasteiger partial charge in [-0.25, -0.2) is 0 Å². The standard InChI is InChI=1S/C8H18N2O3/c1-3-9-4-5-10-8(12)7(11)6-13-2/h7,9,11H,3-6H2,1-2H3,(H,10,12). The number of carbonyl (C=O) groups is 1. The maximum atomic E-state index is 11.0. The summed E-state index contributed by atoms with van der Waals surface area (Å²) >= 11 is 0. The summed E-state index contributed by atoms with van der Waals surface area (Å²) in [6.45, 7) is 4.13. The summed E-state index contributed by atoms with van der Waals surface area (Å²) < 4.78 is 4.63. The van der Waals surface area contributed by atoms with Crippen molar-refractivity contribution >= 4 is 5.91 Å². The van der Waals surface area contributed by atoms with Crippen LogP contribution in [0.15, 0.2) is 0 Å². The zero-order valence-electron chi connectivity index (χ0n) is 8.17. The van der Waals surface area contributed by atoms with Gasteiger partial charge in [0.15, 0.2) is 6.10 Å². The number of hydrogen-bond donors (Lipinski definition) is 3. The van der Waals surface area contributed by atoms with Crippen LogP contribution in [0, 0.1) is 0 Å². The van der Waals surface area contributed by atoms with Crippen molar-refractivity contribution in [2.24, 2.45) is 0 Å². The predicted molar refractivity (Wildman–Crippen MR) is 49.4 cm³/mol. The van der Waals surface area contributed by atoms with Gasteiger partial charge in [0.25, 0.3) is 5.91 Å². The van der Waals surface area contributed by atoms with Crippen LogP contribution in [-0.4, -0.2) is 50.5 Å². The highest BCUT2D eigenvalue weighted by atomic mass is 16.5. The third-order valence-electron chi connectivity index (χ3n) is 1.48. The van der Waals surface area contributed by atoms with Gasteiger partial charge in [0.05, 0.1) is 6.61 Å². The van der Waals surface area contributed by atoms with E-state index in [1.54, 1.807) is 0 Å². The SMILES string of the molecule is CCNCCNC(=O)C(O)COC. The van der Waals surface area contributed by atoms with Gasteiger partial charge in [0.2, 0.25) is 0 Å². The largest absolute Gasteiger partial charge is 0.381 e. The predicted octanol–water partition coefficient (Wildman–Crippen LogP) is -1.28. The molecule has 0 bridgehead atoms. The van der Waals surface area contributed by atoms with Gasteiger partial charge in [-0.2, -0.15) is 0 Å². The molecule has 1 atom stereocenters. The molecule has 0 aromatic rings. The Morgan fingerprint density at radius 3 is 2.77 bits per heavy atom. The molecular formula is C8H18N2O3. The summed E-state index contributed by atoms with van der Waals surface area (Å²) in [6.07, 6.45) is -1.06. The highest BCUT2D eigenvalue weighted by Gasteiger charge is 2.12. The second-order valence-electron chi connectivity index (χ2n) is 2.62. The first kappa shape index (κ1) is 12.3. The number of nitrogens with one attached hydrogen (secondary N) is 2. The van der Waals surface area contributed by atoms with Gasteiger partial charge in [-0.3, -0.25) is 4.79 Å². The lowest BCUT2D eigenvalue weighted by atomic mass is 10.3. The third-order valence-corrected chi connectivity index (χ3v) is 1.48. The van der Waals surface area contributed by atoms with Crippen molar-refractivity contribution in [1.82, 2.24) is 10.6 Å². The Morgan fingerprint density at radius 2 is 2.23 bits per heavy atom. The van der Waals surface area contributed by atoms with E-state index in [2.05, 4.69) is 15.4 Å². The number of likely N-dealkylation sites (N-methyl/N-ethyl adjacent to an activating group) is 1. The van der Waals surface area contributed by atoms with Gasteiger partial charge in [0.1, 0.15) is 0 Å². The molecular weight excluding hydrogens is 172 g/mol. The molecule has 5 heteroatoms. The number of rotatable bonds is 7. The molecule has 0 fully saturated rings. The lowest BCUT2D eigenvalue weighted by Crippen LogP contribution is -2.40. The number of hydrogen-bond acceptors (Lipinski definition) is 4. The highest BCUT2D eigenvalue weighted by molar-refractivity contribution is 5.80. The molecule has 1 amide bonds. The Labute approximate surface area is 78.5 Å². The van der Waals surface area contributed by atoms with Crippen molar-refractivity contribution in [3.05, 3.63) is 0 Å². The molecule has 0 aliphatic rings. The lowest BCUT2D eigenvalue weighted by Gasteiger charge is -2.10. The number of carbonyl (C=O) groups excluding carboxylic acids is 1. The molecule has 13 heavy (non-hydrogen) atoms. The van der Waals surface area contributed by atoms with Crippen molar-refractivity contribution in [2.45, 2.75) is 13.0 Å². The Balaban J connectivity index is 3.38. The van der Waals surface area contributed by atoms with Crippen molar-refractivity contribution in [2.75, 3.05) is 33.4 Å². The van der Waals surface area contributed by atoms with E-state index in [0.29, 0.717) is 13.1 Å². The van der Waals surface area contributed by atoms with E-state index in [-0.39, 0.29) is 12.5 Å². The lowest BCUT2D eigenvalue weighted by molar-refractivity contribution is -0.131. The third kappa shape index (κ3) is 6.51. The normalized spacial score (nSPS) is 12.5. The van der Waals surface area contributed by atoms with Crippen LogP contribution < -0.4 is 10.6 Å². The van der Waals surface area contributed by atoms with E-state index in [4.69, 9.17) is 5.11 Å². The molecule has 0 heterocycles. The smallest absolute Gasteiger partial charge is 0.251 e. The molecule has 0 aliphatic carbocycles. The minimum atomic E-state index is -1.06. The Morgan fingerprint density at radius 1 is 1.54 bits per heavy atom. The zero-order chi connectivity index (χ0) is 10.1. The molecule has 3 N–H and O–H groups in total. The topological polar surface area (TPSA) is 70.6 Å². The molecule has 0 aromatic heterocycles. The maximum Gasteiger partial charge on any atom is 0.251 e. The summed E-state index contributed by atoms with van der Waals surface area (Å²) in [7, 11) is 1.44. The van der Waals surface area contributed by atoms with Gasteiger partial charge in [0, 0.05) is 20.2 Å². The minimum absolute atomic E-state index is 0.0348. The Bertz CT molecular complexity index is 141. The minimum Gasteiger partial charge on any atom is -0.381 e. The van der Waals surface area contributed by atoms with Crippen molar-refractivity contribution in [3.63, 3.8) is 0 Å². The van der Waals surface area contributed by atoms with Gasteiger partial charge < -0.3 is 20.5 Å². The molecule has 0 saturated heterocycles. The molecule has 1 unspecified atom stereocenters. The van der Waals surface area contributed by atoms with Crippen molar-refractivity contribution in [1.29, 1.82) is 0 Å². The second kappa shape index (κ2) is 7.97. The van der Waals surface area contributed by atoms with Crippen LogP contribution in [0.4, 0.5) is 0 Å². The van der Waals surface area contributed by atoms with Crippen LogP contribution in [0.3, 0.4) is 0 Å².